The first-order valence-electron chi connectivity index (χ1n) is 8.58. The Kier molecular flexibility index (Phi) is 9.07. The minimum atomic E-state index is -4.51. The Morgan fingerprint density at radius 3 is 2.33 bits per heavy atom. The van der Waals surface area contributed by atoms with Crippen molar-refractivity contribution in [3.8, 4) is 0 Å². The number of carbonyl (C=O) groups is 1. The van der Waals surface area contributed by atoms with Crippen LogP contribution in [0.25, 0.3) is 0 Å². The molecule has 27 heavy (non-hydrogen) atoms. The summed E-state index contributed by atoms with van der Waals surface area (Å²) in [6.45, 7) is 2.23. The monoisotopic (exact) mass is 425 g/mol. The molecule has 6 nitrogen and oxygen atoms in total. The van der Waals surface area contributed by atoms with Gasteiger partial charge in [-0.05, 0) is 24.3 Å². The van der Waals surface area contributed by atoms with E-state index in [-0.39, 0.29) is 37.3 Å². The second-order valence-electron chi connectivity index (χ2n) is 6.62. The van der Waals surface area contributed by atoms with E-state index in [4.69, 9.17) is 5.73 Å². The third-order valence-corrected chi connectivity index (χ3v) is 6.40. The molecule has 0 saturated carbocycles. The van der Waals surface area contributed by atoms with E-state index in [0.29, 0.717) is 19.4 Å². The van der Waals surface area contributed by atoms with Gasteiger partial charge in [-0.2, -0.15) is 13.1 Å². The molecule has 154 valence electrons. The number of nitrogens with two attached hydrogens (primary N) is 1. The number of nitrogens with one attached hydrogen (secondary N) is 1. The molecule has 2 rings (SSSR count). The number of benzene rings is 1. The van der Waals surface area contributed by atoms with Gasteiger partial charge in [-0.15, -0.1) is 12.4 Å². The van der Waals surface area contributed by atoms with Crippen molar-refractivity contribution >= 4 is 28.3 Å². The Hall–Kier alpha value is -1.29. The van der Waals surface area contributed by atoms with Gasteiger partial charge in [0.25, 0.3) is 10.0 Å². The van der Waals surface area contributed by atoms with Crippen LogP contribution in [0.3, 0.4) is 0 Å². The van der Waals surface area contributed by atoms with Crippen molar-refractivity contribution in [3.63, 3.8) is 0 Å². The maximum Gasteiger partial charge on any atom is 0.350 e. The molecular weight excluding hydrogens is 400 g/mol. The molecule has 2 atom stereocenters. The highest BCUT2D eigenvalue weighted by Gasteiger charge is 2.35. The summed E-state index contributed by atoms with van der Waals surface area (Å²) in [6.07, 6.45) is 0.872. The molecule has 1 aliphatic heterocycles. The summed E-state index contributed by atoms with van der Waals surface area (Å²) < 4.78 is 48.8. The van der Waals surface area contributed by atoms with Crippen molar-refractivity contribution in [1.82, 2.24) is 9.62 Å². The van der Waals surface area contributed by atoms with Crippen LogP contribution in [-0.4, -0.2) is 44.0 Å². The van der Waals surface area contributed by atoms with Gasteiger partial charge in [0.05, 0.1) is 5.92 Å². The van der Waals surface area contributed by atoms with Gasteiger partial charge in [-0.25, -0.2) is 8.42 Å². The molecule has 1 fully saturated rings. The zero-order valence-corrected chi connectivity index (χ0v) is 16.7. The minimum Gasteiger partial charge on any atom is -0.356 e. The molecule has 1 saturated heterocycles. The lowest BCUT2D eigenvalue weighted by Gasteiger charge is -2.31. The number of amides is 1. The zero-order chi connectivity index (χ0) is 19.3. The predicted molar refractivity (Wildman–Crippen MR) is 102 cm³/mol. The summed E-state index contributed by atoms with van der Waals surface area (Å²) in [5.74, 6) is -3.93. The Morgan fingerprint density at radius 1 is 1.26 bits per heavy atom. The number of piperidine rings is 1. The molecule has 0 bridgehead atoms. The molecule has 1 heterocycles. The lowest BCUT2D eigenvalue weighted by atomic mass is 9.93. The summed E-state index contributed by atoms with van der Waals surface area (Å²) >= 11 is 0. The van der Waals surface area contributed by atoms with Gasteiger partial charge < -0.3 is 11.1 Å². The molecule has 0 aromatic heterocycles. The van der Waals surface area contributed by atoms with Crippen molar-refractivity contribution in [3.05, 3.63) is 35.9 Å². The van der Waals surface area contributed by atoms with Gasteiger partial charge in [0.1, 0.15) is 0 Å². The van der Waals surface area contributed by atoms with E-state index in [2.05, 4.69) is 5.32 Å². The van der Waals surface area contributed by atoms with Crippen LogP contribution in [0.4, 0.5) is 8.78 Å². The van der Waals surface area contributed by atoms with Crippen molar-refractivity contribution in [2.45, 2.75) is 31.6 Å². The number of alkyl halides is 2. The highest BCUT2D eigenvalue weighted by atomic mass is 35.5. The largest absolute Gasteiger partial charge is 0.356 e. The molecule has 0 spiro atoms. The van der Waals surface area contributed by atoms with Crippen LogP contribution in [0.2, 0.25) is 0 Å². The number of carbonyl (C=O) groups excluding carboxylic acids is 1. The fraction of sp³-hybridized carbons (Fsp3) is 0.588. The summed E-state index contributed by atoms with van der Waals surface area (Å²) in [7, 11) is -4.51. The third-order valence-electron chi connectivity index (χ3n) is 4.86. The van der Waals surface area contributed by atoms with Crippen molar-refractivity contribution in [1.29, 1.82) is 0 Å². The van der Waals surface area contributed by atoms with E-state index in [9.17, 15) is 22.0 Å². The van der Waals surface area contributed by atoms with Crippen LogP contribution in [0.1, 0.15) is 31.4 Å². The second-order valence-corrected chi connectivity index (χ2v) is 8.52. The topological polar surface area (TPSA) is 92.5 Å². The van der Waals surface area contributed by atoms with Gasteiger partial charge in [-0.1, -0.05) is 37.3 Å². The normalized spacial score (nSPS) is 18.6. The molecule has 1 aromatic rings. The smallest absolute Gasteiger partial charge is 0.350 e. The summed E-state index contributed by atoms with van der Waals surface area (Å²) in [5, 5.41) is 2.84. The van der Waals surface area contributed by atoms with Gasteiger partial charge >= 0.3 is 5.76 Å². The quantitative estimate of drug-likeness (QED) is 0.699. The first-order chi connectivity index (χ1) is 12.2. The molecule has 1 amide bonds. The van der Waals surface area contributed by atoms with E-state index in [1.807, 2.05) is 30.3 Å². The lowest BCUT2D eigenvalue weighted by Crippen LogP contribution is -2.44. The molecule has 10 heteroatoms. The standard InChI is InChI=1S/C17H25F2N3O3S.ClH/c1-12(15(20)14-5-3-2-4-6-14)16(23)21-11-13-7-9-22(10-8-13)26(24,25)17(18)19;/h2-6,12-13,15,17H,7-11,20H2,1H3,(H,21,23);1H. The predicted octanol–water partition coefficient (Wildman–Crippen LogP) is 2.12. The molecule has 3 N–H and O–H groups in total. The number of hydrogen-bond acceptors (Lipinski definition) is 4. The van der Waals surface area contributed by atoms with E-state index in [0.717, 1.165) is 9.87 Å². The summed E-state index contributed by atoms with van der Waals surface area (Å²) in [5.41, 5.74) is 7.01. The molecule has 1 aromatic carbocycles. The first-order valence-corrected chi connectivity index (χ1v) is 10.1. The fourth-order valence-electron chi connectivity index (χ4n) is 3.01. The second kappa shape index (κ2) is 10.3. The van der Waals surface area contributed by atoms with E-state index >= 15 is 0 Å². The third kappa shape index (κ3) is 6.10. The van der Waals surface area contributed by atoms with Gasteiger partial charge in [-0.3, -0.25) is 4.79 Å². The van der Waals surface area contributed by atoms with Crippen LogP contribution in [-0.2, 0) is 14.8 Å². The van der Waals surface area contributed by atoms with Gasteiger partial charge in [0, 0.05) is 25.7 Å². The van der Waals surface area contributed by atoms with Crippen molar-refractivity contribution in [2.75, 3.05) is 19.6 Å². The number of sulfonamides is 1. The number of halogens is 3. The maximum atomic E-state index is 12.6. The number of hydrogen-bond donors (Lipinski definition) is 2. The zero-order valence-electron chi connectivity index (χ0n) is 15.1. The van der Waals surface area contributed by atoms with Crippen LogP contribution in [0.5, 0.6) is 0 Å². The molecule has 0 aliphatic carbocycles. The van der Waals surface area contributed by atoms with Crippen molar-refractivity contribution < 1.29 is 22.0 Å². The average Bonchev–Trinajstić information content (AvgIpc) is 2.65. The molecule has 2 unspecified atom stereocenters. The Balaban J connectivity index is 0.00000364. The lowest BCUT2D eigenvalue weighted by molar-refractivity contribution is -0.125. The van der Waals surface area contributed by atoms with Crippen LogP contribution < -0.4 is 11.1 Å². The van der Waals surface area contributed by atoms with Crippen LogP contribution in [0, 0.1) is 11.8 Å². The highest BCUT2D eigenvalue weighted by Crippen LogP contribution is 2.23. The molecular formula is C17H26ClF2N3O3S. The van der Waals surface area contributed by atoms with Crippen LogP contribution in [0.15, 0.2) is 30.3 Å². The summed E-state index contributed by atoms with van der Waals surface area (Å²) in [4.78, 5) is 12.3. The van der Waals surface area contributed by atoms with Crippen molar-refractivity contribution in [2.24, 2.45) is 17.6 Å². The first kappa shape index (κ1) is 23.7. The Morgan fingerprint density at radius 2 is 1.81 bits per heavy atom. The van der Waals surface area contributed by atoms with E-state index < -0.39 is 27.7 Å². The number of rotatable bonds is 7. The minimum absolute atomic E-state index is 0. The fourth-order valence-corrected chi connectivity index (χ4v) is 3.96. The Bertz CT molecular complexity index is 699. The molecule has 1 aliphatic rings. The average molecular weight is 426 g/mol. The number of nitrogens with zero attached hydrogens (tertiary/aromatic N) is 1. The van der Waals surface area contributed by atoms with Gasteiger partial charge in [0.2, 0.25) is 5.91 Å². The van der Waals surface area contributed by atoms with E-state index in [1.54, 1.807) is 6.92 Å². The molecule has 0 radical (unpaired) electrons. The SMILES string of the molecule is CC(C(=O)NCC1CCN(S(=O)(=O)C(F)F)CC1)C(N)c1ccccc1.Cl. The summed E-state index contributed by atoms with van der Waals surface area (Å²) in [6, 6.07) is 8.92. The highest BCUT2D eigenvalue weighted by molar-refractivity contribution is 7.89. The maximum absolute atomic E-state index is 12.6. The van der Waals surface area contributed by atoms with Gasteiger partial charge in [0.15, 0.2) is 0 Å². The van der Waals surface area contributed by atoms with Crippen LogP contribution >= 0.6 is 12.4 Å². The Labute approximate surface area is 164 Å². The van der Waals surface area contributed by atoms with E-state index in [1.165, 1.54) is 0 Å².